The summed E-state index contributed by atoms with van der Waals surface area (Å²) in [6.07, 6.45) is 2.13. The van der Waals surface area contributed by atoms with E-state index in [-0.39, 0.29) is 30.7 Å². The van der Waals surface area contributed by atoms with Crippen LogP contribution in [0.5, 0.6) is 0 Å². The first kappa shape index (κ1) is 16.4. The quantitative estimate of drug-likeness (QED) is 0.507. The van der Waals surface area contributed by atoms with E-state index in [0.29, 0.717) is 12.8 Å². The zero-order chi connectivity index (χ0) is 15.3. The first-order valence-corrected chi connectivity index (χ1v) is 6.82. The Morgan fingerprint density at radius 1 is 1.30 bits per heavy atom. The highest BCUT2D eigenvalue weighted by Crippen LogP contribution is 2.34. The maximum absolute atomic E-state index is 11.8. The van der Waals surface area contributed by atoms with Crippen LogP contribution in [0.15, 0.2) is 0 Å². The number of aliphatic carboxylic acids is 1. The highest BCUT2D eigenvalue weighted by Gasteiger charge is 2.40. The van der Waals surface area contributed by atoms with Crippen molar-refractivity contribution in [3.8, 4) is 0 Å². The van der Waals surface area contributed by atoms with E-state index < -0.39 is 17.6 Å². The van der Waals surface area contributed by atoms with Crippen molar-refractivity contribution >= 4 is 17.8 Å². The van der Waals surface area contributed by atoms with Crippen LogP contribution in [0.4, 0.5) is 0 Å². The van der Waals surface area contributed by atoms with Crippen LogP contribution in [0.1, 0.15) is 39.5 Å². The summed E-state index contributed by atoms with van der Waals surface area (Å²) in [4.78, 5) is 34.2. The first-order chi connectivity index (χ1) is 9.26. The van der Waals surface area contributed by atoms with Gasteiger partial charge in [0.25, 0.3) is 0 Å². The smallest absolute Gasteiger partial charge is 0.305 e. The number of amides is 2. The SMILES string of the molecule is CC(C)[C@H](N)C(=O)NCC(=O)NC1(CC(=O)O)CCC1. The van der Waals surface area contributed by atoms with E-state index in [1.165, 1.54) is 0 Å². The van der Waals surface area contributed by atoms with E-state index in [0.717, 1.165) is 6.42 Å². The number of carboxylic acid groups (broad SMARTS) is 1. The molecule has 114 valence electrons. The van der Waals surface area contributed by atoms with Crippen LogP contribution >= 0.6 is 0 Å². The molecule has 0 heterocycles. The summed E-state index contributed by atoms with van der Waals surface area (Å²) in [6.45, 7) is 3.46. The molecule has 0 radical (unpaired) electrons. The second-order valence-electron chi connectivity index (χ2n) is 5.74. The van der Waals surface area contributed by atoms with Crippen molar-refractivity contribution < 1.29 is 19.5 Å². The van der Waals surface area contributed by atoms with Crippen molar-refractivity contribution in [2.75, 3.05) is 6.54 Å². The third kappa shape index (κ3) is 4.48. The largest absolute Gasteiger partial charge is 0.481 e. The number of nitrogens with two attached hydrogens (primary N) is 1. The zero-order valence-corrected chi connectivity index (χ0v) is 11.9. The van der Waals surface area contributed by atoms with Gasteiger partial charge in [-0.25, -0.2) is 0 Å². The number of carbonyl (C=O) groups is 3. The van der Waals surface area contributed by atoms with Crippen LogP contribution in [-0.2, 0) is 14.4 Å². The fraction of sp³-hybridized carbons (Fsp3) is 0.769. The Labute approximate surface area is 118 Å². The van der Waals surface area contributed by atoms with E-state index in [2.05, 4.69) is 10.6 Å². The standard InChI is InChI=1S/C13H23N3O4/c1-8(2)11(14)12(20)15-7-9(17)16-13(4-3-5-13)6-10(18)19/h8,11H,3-7,14H2,1-2H3,(H,15,20)(H,16,17)(H,18,19)/t11-/m0/s1. The molecule has 1 rings (SSSR count). The Hall–Kier alpha value is -1.63. The number of hydrogen-bond acceptors (Lipinski definition) is 4. The summed E-state index contributed by atoms with van der Waals surface area (Å²) in [7, 11) is 0. The number of carbonyl (C=O) groups excluding carboxylic acids is 2. The molecule has 0 aliphatic heterocycles. The van der Waals surface area contributed by atoms with Crippen LogP contribution in [-0.4, -0.2) is 41.0 Å². The number of carboxylic acids is 1. The fourth-order valence-electron chi connectivity index (χ4n) is 2.17. The first-order valence-electron chi connectivity index (χ1n) is 6.82. The van der Waals surface area contributed by atoms with Crippen LogP contribution in [0.2, 0.25) is 0 Å². The van der Waals surface area contributed by atoms with Gasteiger partial charge in [-0.2, -0.15) is 0 Å². The fourth-order valence-corrected chi connectivity index (χ4v) is 2.17. The molecular weight excluding hydrogens is 262 g/mol. The minimum atomic E-state index is -0.934. The van der Waals surface area contributed by atoms with Gasteiger partial charge in [-0.05, 0) is 25.2 Å². The van der Waals surface area contributed by atoms with E-state index >= 15 is 0 Å². The summed E-state index contributed by atoms with van der Waals surface area (Å²) in [5, 5.41) is 14.0. The second-order valence-corrected chi connectivity index (χ2v) is 5.74. The molecule has 5 N–H and O–H groups in total. The van der Waals surface area contributed by atoms with Crippen LogP contribution in [0.3, 0.4) is 0 Å². The van der Waals surface area contributed by atoms with Crippen LogP contribution in [0, 0.1) is 5.92 Å². The summed E-state index contributed by atoms with van der Waals surface area (Å²) >= 11 is 0. The molecule has 0 unspecified atom stereocenters. The molecule has 1 atom stereocenters. The maximum Gasteiger partial charge on any atom is 0.305 e. The van der Waals surface area contributed by atoms with Gasteiger partial charge in [0.2, 0.25) is 11.8 Å². The lowest BCUT2D eigenvalue weighted by molar-refractivity contribution is -0.140. The lowest BCUT2D eigenvalue weighted by atomic mass is 9.74. The van der Waals surface area contributed by atoms with Crippen LogP contribution in [0.25, 0.3) is 0 Å². The van der Waals surface area contributed by atoms with Gasteiger partial charge in [0.1, 0.15) is 0 Å². The minimum absolute atomic E-state index is 0.0111. The van der Waals surface area contributed by atoms with Gasteiger partial charge in [-0.1, -0.05) is 13.8 Å². The maximum atomic E-state index is 11.8. The molecule has 7 nitrogen and oxygen atoms in total. The number of nitrogens with one attached hydrogen (secondary N) is 2. The van der Waals surface area contributed by atoms with Crippen molar-refractivity contribution in [1.29, 1.82) is 0 Å². The van der Waals surface area contributed by atoms with Gasteiger partial charge in [0, 0.05) is 0 Å². The molecule has 1 fully saturated rings. The second kappa shape index (κ2) is 6.69. The molecule has 2 amide bonds. The number of hydrogen-bond donors (Lipinski definition) is 4. The van der Waals surface area contributed by atoms with Gasteiger partial charge in [-0.15, -0.1) is 0 Å². The number of rotatable bonds is 7. The monoisotopic (exact) mass is 285 g/mol. The van der Waals surface area contributed by atoms with Crippen molar-refractivity contribution in [2.45, 2.75) is 51.1 Å². The van der Waals surface area contributed by atoms with Crippen molar-refractivity contribution in [3.63, 3.8) is 0 Å². The molecule has 0 spiro atoms. The molecule has 1 saturated carbocycles. The molecule has 0 saturated heterocycles. The van der Waals surface area contributed by atoms with E-state index in [1.54, 1.807) is 0 Å². The van der Waals surface area contributed by atoms with Gasteiger partial charge in [0.05, 0.1) is 24.5 Å². The van der Waals surface area contributed by atoms with E-state index in [1.807, 2.05) is 13.8 Å². The highest BCUT2D eigenvalue weighted by molar-refractivity contribution is 5.88. The zero-order valence-electron chi connectivity index (χ0n) is 11.9. The molecule has 20 heavy (non-hydrogen) atoms. The Morgan fingerprint density at radius 3 is 2.30 bits per heavy atom. The summed E-state index contributed by atoms with van der Waals surface area (Å²) in [5.41, 5.74) is 5.01. The summed E-state index contributed by atoms with van der Waals surface area (Å²) in [6, 6.07) is -0.653. The molecule has 7 heteroatoms. The average molecular weight is 285 g/mol. The van der Waals surface area contributed by atoms with Gasteiger partial charge in [-0.3, -0.25) is 14.4 Å². The molecular formula is C13H23N3O4. The summed E-state index contributed by atoms with van der Waals surface area (Å²) in [5.74, 6) is -1.70. The third-order valence-electron chi connectivity index (χ3n) is 3.65. The highest BCUT2D eigenvalue weighted by atomic mass is 16.4. The molecule has 1 aliphatic rings. The Kier molecular flexibility index (Phi) is 5.50. The lowest BCUT2D eigenvalue weighted by Crippen LogP contribution is -2.57. The molecule has 0 aromatic heterocycles. The third-order valence-corrected chi connectivity index (χ3v) is 3.65. The molecule has 1 aliphatic carbocycles. The normalized spacial score (nSPS) is 18.0. The molecule has 0 bridgehead atoms. The molecule has 0 aromatic rings. The lowest BCUT2D eigenvalue weighted by Gasteiger charge is -2.41. The van der Waals surface area contributed by atoms with Crippen LogP contribution < -0.4 is 16.4 Å². The minimum Gasteiger partial charge on any atom is -0.481 e. The predicted molar refractivity (Wildman–Crippen MR) is 72.8 cm³/mol. The Bertz CT molecular complexity index is 391. The Morgan fingerprint density at radius 2 is 1.90 bits per heavy atom. The topological polar surface area (TPSA) is 122 Å². The van der Waals surface area contributed by atoms with E-state index in [9.17, 15) is 14.4 Å². The Balaban J connectivity index is 2.40. The van der Waals surface area contributed by atoms with Crippen molar-refractivity contribution in [1.82, 2.24) is 10.6 Å². The van der Waals surface area contributed by atoms with Gasteiger partial charge in [0.15, 0.2) is 0 Å². The average Bonchev–Trinajstić information content (AvgIpc) is 2.31. The van der Waals surface area contributed by atoms with Gasteiger partial charge >= 0.3 is 5.97 Å². The molecule has 0 aromatic carbocycles. The van der Waals surface area contributed by atoms with Crippen molar-refractivity contribution in [3.05, 3.63) is 0 Å². The van der Waals surface area contributed by atoms with E-state index in [4.69, 9.17) is 10.8 Å². The summed E-state index contributed by atoms with van der Waals surface area (Å²) < 4.78 is 0. The van der Waals surface area contributed by atoms with Gasteiger partial charge < -0.3 is 21.5 Å². The van der Waals surface area contributed by atoms with Crippen molar-refractivity contribution in [2.24, 2.45) is 11.7 Å². The predicted octanol–water partition coefficient (Wildman–Crippen LogP) is -0.400.